The van der Waals surface area contributed by atoms with Crippen molar-refractivity contribution < 1.29 is 36.6 Å². The summed E-state index contributed by atoms with van der Waals surface area (Å²) in [4.78, 5) is 12.7. The molecule has 8 heteroatoms. The summed E-state index contributed by atoms with van der Waals surface area (Å²) in [6.45, 7) is 4.53. The maximum atomic E-state index is 15.1. The summed E-state index contributed by atoms with van der Waals surface area (Å²) < 4.78 is 75.1. The predicted molar refractivity (Wildman–Crippen MR) is 154 cm³/mol. The zero-order valence-electron chi connectivity index (χ0n) is 24.2. The number of esters is 1. The number of halogens is 4. The van der Waals surface area contributed by atoms with Gasteiger partial charge in [-0.15, -0.1) is 0 Å². The van der Waals surface area contributed by atoms with Crippen LogP contribution in [0, 0.1) is 29.2 Å². The topological polar surface area (TPSA) is 44.8 Å². The van der Waals surface area contributed by atoms with E-state index in [4.69, 9.17) is 14.2 Å². The van der Waals surface area contributed by atoms with Gasteiger partial charge in [-0.05, 0) is 55.0 Å². The highest BCUT2D eigenvalue weighted by molar-refractivity contribution is 5.90. The van der Waals surface area contributed by atoms with Crippen LogP contribution in [0.1, 0.15) is 82.0 Å². The fourth-order valence-corrected chi connectivity index (χ4v) is 5.28. The summed E-state index contributed by atoms with van der Waals surface area (Å²) in [5, 5.41) is 0. The van der Waals surface area contributed by atoms with Gasteiger partial charge in [0.1, 0.15) is 0 Å². The number of unbranched alkanes of at least 4 members (excludes halogenated alkanes) is 5. The van der Waals surface area contributed by atoms with Gasteiger partial charge in [-0.25, -0.2) is 18.0 Å². The first-order valence-electron chi connectivity index (χ1n) is 14.9. The number of benzene rings is 3. The highest BCUT2D eigenvalue weighted by atomic mass is 19.2. The SMILES string of the molecule is CCCCCCCCC1CCC(OC(=O)c2ccc(-c3ccc(-c4ccc(OCC)c(F)c4F)cc3)c(F)c2F)OC1. The van der Waals surface area contributed by atoms with E-state index < -0.39 is 41.1 Å². The Kier molecular flexibility index (Phi) is 11.4. The number of hydrogen-bond acceptors (Lipinski definition) is 4. The molecule has 1 aliphatic rings. The second kappa shape index (κ2) is 15.2. The first-order chi connectivity index (χ1) is 20.3. The van der Waals surface area contributed by atoms with E-state index in [9.17, 15) is 18.0 Å². The minimum absolute atomic E-state index is 0.00547. The van der Waals surface area contributed by atoms with Crippen LogP contribution in [0.25, 0.3) is 22.3 Å². The van der Waals surface area contributed by atoms with Gasteiger partial charge in [-0.1, -0.05) is 75.8 Å². The Balaban J connectivity index is 1.35. The fourth-order valence-electron chi connectivity index (χ4n) is 5.28. The van der Waals surface area contributed by atoms with Crippen molar-refractivity contribution in [2.24, 2.45) is 5.92 Å². The molecule has 3 aromatic rings. The minimum atomic E-state index is -1.32. The van der Waals surface area contributed by atoms with Crippen LogP contribution in [0.2, 0.25) is 0 Å². The Bertz CT molecular complexity index is 1330. The maximum Gasteiger partial charge on any atom is 0.343 e. The van der Waals surface area contributed by atoms with Crippen LogP contribution in [-0.4, -0.2) is 25.5 Å². The fraction of sp³-hybridized carbons (Fsp3) is 0.441. The summed E-state index contributed by atoms with van der Waals surface area (Å²) in [6.07, 6.45) is 9.03. The Morgan fingerprint density at radius 3 is 2.00 bits per heavy atom. The summed E-state index contributed by atoms with van der Waals surface area (Å²) in [5.41, 5.74) is 0.0544. The van der Waals surface area contributed by atoms with Crippen molar-refractivity contribution in [3.8, 4) is 28.0 Å². The lowest BCUT2D eigenvalue weighted by Crippen LogP contribution is -2.30. The third-order valence-corrected chi connectivity index (χ3v) is 7.69. The molecule has 0 aromatic heterocycles. The van der Waals surface area contributed by atoms with Crippen LogP contribution in [0.5, 0.6) is 5.75 Å². The molecule has 0 spiro atoms. The molecule has 4 nitrogen and oxygen atoms in total. The van der Waals surface area contributed by atoms with Crippen molar-refractivity contribution >= 4 is 5.97 Å². The molecule has 1 heterocycles. The molecule has 226 valence electrons. The molecule has 1 fully saturated rings. The third kappa shape index (κ3) is 7.71. The van der Waals surface area contributed by atoms with Crippen molar-refractivity contribution in [1.29, 1.82) is 0 Å². The molecule has 42 heavy (non-hydrogen) atoms. The van der Waals surface area contributed by atoms with Crippen LogP contribution in [-0.2, 0) is 9.47 Å². The zero-order chi connectivity index (χ0) is 30.1. The van der Waals surface area contributed by atoms with Crippen molar-refractivity contribution in [2.75, 3.05) is 13.2 Å². The normalized spacial score (nSPS) is 16.8. The van der Waals surface area contributed by atoms with E-state index in [1.54, 1.807) is 6.92 Å². The van der Waals surface area contributed by atoms with Crippen molar-refractivity contribution in [3.63, 3.8) is 0 Å². The first kappa shape index (κ1) is 31.5. The highest BCUT2D eigenvalue weighted by Crippen LogP contribution is 2.33. The quantitative estimate of drug-likeness (QED) is 0.114. The molecule has 1 saturated heterocycles. The summed E-state index contributed by atoms with van der Waals surface area (Å²) in [7, 11) is 0. The van der Waals surface area contributed by atoms with Crippen LogP contribution < -0.4 is 4.74 Å². The standard InChI is InChI=1S/C34H38F4O4/c1-3-5-6-7-8-9-10-22-11-20-29(41-21-22)42-34(39)27-17-16-25(30(35)32(27)37)23-12-14-24(15-13-23)26-18-19-28(40-4-2)33(38)31(26)36/h12-19,22,29H,3-11,20-21H2,1-2H3. The molecule has 0 aliphatic carbocycles. The molecular formula is C34H38F4O4. The number of carbonyl (C=O) groups excluding carboxylic acids is 1. The molecular weight excluding hydrogens is 548 g/mol. The molecule has 0 N–H and O–H groups in total. The smallest absolute Gasteiger partial charge is 0.343 e. The van der Waals surface area contributed by atoms with Crippen molar-refractivity contribution in [3.05, 3.63) is 77.4 Å². The molecule has 4 rings (SSSR count). The van der Waals surface area contributed by atoms with Gasteiger partial charge in [0.25, 0.3) is 0 Å². The molecule has 3 aromatic carbocycles. The minimum Gasteiger partial charge on any atom is -0.491 e. The van der Waals surface area contributed by atoms with Gasteiger partial charge < -0.3 is 14.2 Å². The highest BCUT2D eigenvalue weighted by Gasteiger charge is 2.27. The molecule has 0 amide bonds. The predicted octanol–water partition coefficient (Wildman–Crippen LogP) is 9.64. The second-order valence-electron chi connectivity index (χ2n) is 10.7. The summed E-state index contributed by atoms with van der Waals surface area (Å²) >= 11 is 0. The third-order valence-electron chi connectivity index (χ3n) is 7.69. The molecule has 0 saturated carbocycles. The number of hydrogen-bond donors (Lipinski definition) is 0. The van der Waals surface area contributed by atoms with Crippen LogP contribution in [0.15, 0.2) is 48.5 Å². The van der Waals surface area contributed by atoms with E-state index in [0.29, 0.717) is 30.1 Å². The van der Waals surface area contributed by atoms with Crippen LogP contribution in [0.3, 0.4) is 0 Å². The average Bonchev–Trinajstić information content (AvgIpc) is 3.00. The van der Waals surface area contributed by atoms with Gasteiger partial charge in [0.15, 0.2) is 23.2 Å². The van der Waals surface area contributed by atoms with E-state index in [0.717, 1.165) is 19.3 Å². The Morgan fingerprint density at radius 1 is 0.762 bits per heavy atom. The lowest BCUT2D eigenvalue weighted by molar-refractivity contribution is -0.146. The Morgan fingerprint density at radius 2 is 1.38 bits per heavy atom. The largest absolute Gasteiger partial charge is 0.491 e. The van der Waals surface area contributed by atoms with Gasteiger partial charge >= 0.3 is 5.97 Å². The Labute approximate surface area is 245 Å². The molecule has 0 bridgehead atoms. The number of rotatable bonds is 13. The molecule has 2 atom stereocenters. The Hall–Kier alpha value is -3.39. The van der Waals surface area contributed by atoms with Gasteiger partial charge in [-0.3, -0.25) is 0 Å². The van der Waals surface area contributed by atoms with E-state index in [2.05, 4.69) is 6.92 Å². The van der Waals surface area contributed by atoms with Gasteiger partial charge in [0.05, 0.1) is 18.8 Å². The van der Waals surface area contributed by atoms with E-state index in [1.807, 2.05) is 0 Å². The lowest BCUT2D eigenvalue weighted by Gasteiger charge is -2.28. The summed E-state index contributed by atoms with van der Waals surface area (Å²) in [6, 6.07) is 11.1. The van der Waals surface area contributed by atoms with Gasteiger partial charge in [0.2, 0.25) is 12.1 Å². The number of carbonyl (C=O) groups is 1. The lowest BCUT2D eigenvalue weighted by atomic mass is 9.94. The van der Waals surface area contributed by atoms with E-state index >= 15 is 4.39 Å². The van der Waals surface area contributed by atoms with E-state index in [1.165, 1.54) is 80.6 Å². The summed E-state index contributed by atoms with van der Waals surface area (Å²) in [5.74, 6) is -5.45. The van der Waals surface area contributed by atoms with Crippen LogP contribution in [0.4, 0.5) is 17.6 Å². The molecule has 1 aliphatic heterocycles. The van der Waals surface area contributed by atoms with Gasteiger partial charge in [0, 0.05) is 17.5 Å². The van der Waals surface area contributed by atoms with Gasteiger partial charge in [-0.2, -0.15) is 4.39 Å². The van der Waals surface area contributed by atoms with Crippen molar-refractivity contribution in [2.45, 2.75) is 77.9 Å². The van der Waals surface area contributed by atoms with Crippen molar-refractivity contribution in [1.82, 2.24) is 0 Å². The maximum absolute atomic E-state index is 15.1. The zero-order valence-corrected chi connectivity index (χ0v) is 24.2. The van der Waals surface area contributed by atoms with Crippen LogP contribution >= 0.6 is 0 Å². The first-order valence-corrected chi connectivity index (χ1v) is 14.9. The number of ether oxygens (including phenoxy) is 3. The molecule has 2 unspecified atom stereocenters. The average molecular weight is 587 g/mol. The molecule has 0 radical (unpaired) electrons. The second-order valence-corrected chi connectivity index (χ2v) is 10.7. The monoisotopic (exact) mass is 586 g/mol. The van der Waals surface area contributed by atoms with E-state index in [-0.39, 0.29) is 23.5 Å².